The van der Waals surface area contributed by atoms with Crippen LogP contribution in [0.4, 0.5) is 13.2 Å². The molecule has 0 bridgehead atoms. The van der Waals surface area contributed by atoms with E-state index < -0.39 is 22.5 Å². The van der Waals surface area contributed by atoms with Crippen LogP contribution in [0.25, 0.3) is 0 Å². The van der Waals surface area contributed by atoms with Gasteiger partial charge in [0.1, 0.15) is 0 Å². The molecule has 0 spiro atoms. The molecule has 8 heteroatoms. The van der Waals surface area contributed by atoms with Crippen molar-refractivity contribution in [3.63, 3.8) is 0 Å². The first-order valence-corrected chi connectivity index (χ1v) is 17.9. The number of alkyl halides is 3. The molecule has 0 radical (unpaired) electrons. The number of hydrogen-bond donors (Lipinski definition) is 0. The zero-order chi connectivity index (χ0) is 25.3. The van der Waals surface area contributed by atoms with E-state index in [1.54, 1.807) is 0 Å². The molecule has 202 valence electrons. The van der Waals surface area contributed by atoms with Crippen molar-refractivity contribution in [1.82, 2.24) is 0 Å². The van der Waals surface area contributed by atoms with E-state index in [1.807, 2.05) is 20.8 Å². The Hall–Kier alpha value is 0.130. The number of halogens is 3. The first-order valence-electron chi connectivity index (χ1n) is 13.5. The van der Waals surface area contributed by atoms with Gasteiger partial charge in [-0.3, -0.25) is 0 Å². The summed E-state index contributed by atoms with van der Waals surface area (Å²) in [5.74, 6) is 0. The van der Waals surface area contributed by atoms with Crippen molar-refractivity contribution < 1.29 is 25.6 Å². The molecule has 0 amide bonds. The van der Waals surface area contributed by atoms with Crippen LogP contribution in [-0.2, 0) is 14.1 Å². The van der Waals surface area contributed by atoms with Gasteiger partial charge in [-0.15, -0.1) is 0 Å². The van der Waals surface area contributed by atoms with E-state index in [0.717, 1.165) is 64.2 Å². The van der Waals surface area contributed by atoms with E-state index in [2.05, 4.69) is 6.92 Å². The summed E-state index contributed by atoms with van der Waals surface area (Å²) in [7, 11) is -5.61. The molecule has 0 saturated heterocycles. The molecule has 0 aliphatic heterocycles. The second-order valence-corrected chi connectivity index (χ2v) is 17.4. The predicted molar refractivity (Wildman–Crippen MR) is 139 cm³/mol. The monoisotopic (exact) mass is 520 g/mol. The number of rotatable bonds is 22. The van der Waals surface area contributed by atoms with E-state index in [1.165, 1.54) is 38.5 Å². The Morgan fingerprint density at radius 3 is 1.18 bits per heavy atom. The fraction of sp³-hybridized carbons (Fsp3) is 1.00. The molecule has 0 aromatic rings. The summed E-state index contributed by atoms with van der Waals surface area (Å²) < 4.78 is 70.5. The Labute approximate surface area is 203 Å². The second-order valence-electron chi connectivity index (χ2n) is 9.97. The van der Waals surface area contributed by atoms with Crippen LogP contribution in [0.3, 0.4) is 0 Å². The Balaban J connectivity index is 5.45. The van der Waals surface area contributed by atoms with Gasteiger partial charge in [-0.05, 0) is 0 Å². The van der Waals surface area contributed by atoms with Crippen molar-refractivity contribution in [2.75, 3.05) is 24.6 Å². The Morgan fingerprint density at radius 1 is 0.545 bits per heavy atom. The summed E-state index contributed by atoms with van der Waals surface area (Å²) in [6, 6.07) is 0. The van der Waals surface area contributed by atoms with Crippen molar-refractivity contribution in [3.8, 4) is 0 Å². The molecular weight excluding hydrogens is 468 g/mol. The molecule has 3 nitrogen and oxygen atoms in total. The zero-order valence-electron chi connectivity index (χ0n) is 21.9. The van der Waals surface area contributed by atoms with Gasteiger partial charge in [0.25, 0.3) is 0 Å². The average molecular weight is 521 g/mol. The molecule has 0 fully saturated rings. The standard InChI is InChI=1S/C25H52F3O3PS/c1-5-9-13-14-15-16-17-18-19-20-24-32(21-10-6-2,22-11-7-3,23-12-8-4)31-33(29,30)25(26,27)28/h5-24H2,1-4H3. The molecule has 0 aliphatic rings. The Bertz CT molecular complexity index is 570. The third kappa shape index (κ3) is 12.6. The molecule has 0 unspecified atom stereocenters. The quantitative estimate of drug-likeness (QED) is 0.0811. The molecule has 0 aromatic carbocycles. The summed E-state index contributed by atoms with van der Waals surface area (Å²) in [6.45, 7) is 4.67. The molecule has 0 saturated carbocycles. The third-order valence-corrected chi connectivity index (χ3v) is 15.7. The molecule has 0 atom stereocenters. The maximum atomic E-state index is 13.4. The Morgan fingerprint density at radius 2 is 0.848 bits per heavy atom. The molecule has 0 N–H and O–H groups in total. The third-order valence-electron chi connectivity index (χ3n) is 6.90. The molecule has 33 heavy (non-hydrogen) atoms. The van der Waals surface area contributed by atoms with Gasteiger partial charge in [0, 0.05) is 0 Å². The van der Waals surface area contributed by atoms with Gasteiger partial charge in [-0.25, -0.2) is 0 Å². The van der Waals surface area contributed by atoms with Crippen molar-refractivity contribution in [1.29, 1.82) is 0 Å². The predicted octanol–water partition coefficient (Wildman–Crippen LogP) is 9.64. The topological polar surface area (TPSA) is 43.4 Å². The van der Waals surface area contributed by atoms with Gasteiger partial charge in [0.05, 0.1) is 0 Å². The first kappa shape index (κ1) is 33.1. The summed E-state index contributed by atoms with van der Waals surface area (Å²) in [5, 5.41) is 0. The number of unbranched alkanes of at least 4 members (excludes halogenated alkanes) is 12. The Kier molecular flexibility index (Phi) is 16.8. The second kappa shape index (κ2) is 16.7. The van der Waals surface area contributed by atoms with Gasteiger partial charge in [0.2, 0.25) is 0 Å². The van der Waals surface area contributed by atoms with Gasteiger partial charge < -0.3 is 0 Å². The molecule has 0 heterocycles. The van der Waals surface area contributed by atoms with Crippen molar-refractivity contribution in [2.45, 2.75) is 136 Å². The SMILES string of the molecule is CCCCCCCCCCCCP(CCCC)(CCCC)(CCCC)OS(=O)(=O)C(F)(F)F. The van der Waals surface area contributed by atoms with Crippen LogP contribution in [0, 0.1) is 0 Å². The van der Waals surface area contributed by atoms with Crippen molar-refractivity contribution in [2.24, 2.45) is 0 Å². The molecular formula is C25H52F3O3PS. The fourth-order valence-electron chi connectivity index (χ4n) is 4.81. The van der Waals surface area contributed by atoms with Crippen LogP contribution in [0.1, 0.15) is 130 Å². The van der Waals surface area contributed by atoms with Crippen LogP contribution < -0.4 is 0 Å². The summed E-state index contributed by atoms with van der Waals surface area (Å²) in [4.78, 5) is 0. The van der Waals surface area contributed by atoms with Gasteiger partial charge >= 0.3 is 203 Å². The zero-order valence-corrected chi connectivity index (χ0v) is 23.6. The van der Waals surface area contributed by atoms with E-state index >= 15 is 0 Å². The first-order chi connectivity index (χ1) is 15.5. The minimum absolute atomic E-state index is 0.495. The van der Waals surface area contributed by atoms with Crippen LogP contribution in [0.5, 0.6) is 0 Å². The number of hydrogen-bond acceptors (Lipinski definition) is 3. The van der Waals surface area contributed by atoms with E-state index in [4.69, 9.17) is 3.97 Å². The van der Waals surface area contributed by atoms with E-state index in [-0.39, 0.29) is 0 Å². The van der Waals surface area contributed by atoms with E-state index in [9.17, 15) is 21.6 Å². The van der Waals surface area contributed by atoms with Crippen LogP contribution in [0.15, 0.2) is 0 Å². The van der Waals surface area contributed by atoms with E-state index in [0.29, 0.717) is 24.6 Å². The van der Waals surface area contributed by atoms with Gasteiger partial charge in [-0.1, -0.05) is 0 Å². The molecule has 0 aliphatic carbocycles. The minimum atomic E-state index is -5.61. The maximum absolute atomic E-state index is 13.4. The molecule has 0 rings (SSSR count). The molecule has 0 aromatic heterocycles. The summed E-state index contributed by atoms with van der Waals surface area (Å²) >= 11 is 0. The summed E-state index contributed by atoms with van der Waals surface area (Å²) in [6.07, 6.45) is 18.1. The van der Waals surface area contributed by atoms with Crippen LogP contribution >= 0.6 is 6.83 Å². The van der Waals surface area contributed by atoms with Gasteiger partial charge in [0.15, 0.2) is 0 Å². The van der Waals surface area contributed by atoms with Crippen molar-refractivity contribution in [3.05, 3.63) is 0 Å². The normalized spacial score (nSPS) is 14.3. The van der Waals surface area contributed by atoms with Crippen LogP contribution in [0.2, 0.25) is 0 Å². The average Bonchev–Trinajstić information content (AvgIpc) is 2.75. The van der Waals surface area contributed by atoms with Gasteiger partial charge in [-0.2, -0.15) is 0 Å². The fourth-order valence-corrected chi connectivity index (χ4v) is 14.3. The van der Waals surface area contributed by atoms with Crippen LogP contribution in [-0.4, -0.2) is 38.6 Å². The van der Waals surface area contributed by atoms with Crippen molar-refractivity contribution >= 4 is 16.9 Å². The summed E-state index contributed by atoms with van der Waals surface area (Å²) in [5.41, 5.74) is -5.36.